The molecule has 2 aromatic carbocycles. The van der Waals surface area contributed by atoms with Gasteiger partial charge in [0.15, 0.2) is 0 Å². The Hall–Kier alpha value is -1.18. The van der Waals surface area contributed by atoms with Crippen LogP contribution in [0.3, 0.4) is 0 Å². The summed E-state index contributed by atoms with van der Waals surface area (Å²) in [5, 5.41) is 4.79. The summed E-state index contributed by atoms with van der Waals surface area (Å²) in [5.74, 6) is 0.535. The van der Waals surface area contributed by atoms with Crippen molar-refractivity contribution in [2.45, 2.75) is 25.2 Å². The first kappa shape index (κ1) is 13.8. The maximum absolute atomic E-state index is 6.20. The molecule has 0 fully saturated rings. The number of halogens is 2. The van der Waals surface area contributed by atoms with Crippen LogP contribution in [0.5, 0.6) is 0 Å². The van der Waals surface area contributed by atoms with Gasteiger partial charge in [-0.3, -0.25) is 0 Å². The number of hydrogen-bond acceptors (Lipinski definition) is 1. The molecule has 0 amide bonds. The molecule has 0 saturated carbocycles. The van der Waals surface area contributed by atoms with Gasteiger partial charge in [0.25, 0.3) is 0 Å². The first-order valence-corrected chi connectivity index (χ1v) is 7.77. The Kier molecular flexibility index (Phi) is 4.18. The van der Waals surface area contributed by atoms with E-state index >= 15 is 0 Å². The van der Waals surface area contributed by atoms with Crippen molar-refractivity contribution >= 4 is 28.9 Å². The lowest BCUT2D eigenvalue weighted by Crippen LogP contribution is -2.18. The Morgan fingerprint density at radius 2 is 1.75 bits per heavy atom. The van der Waals surface area contributed by atoms with Crippen molar-refractivity contribution in [2.75, 3.05) is 11.9 Å². The summed E-state index contributed by atoms with van der Waals surface area (Å²) in [6.45, 7) is 0.875. The fraction of sp³-hybridized carbons (Fsp3) is 0.294. The van der Waals surface area contributed by atoms with Crippen LogP contribution in [0, 0.1) is 0 Å². The minimum atomic E-state index is 0.535. The second-order valence-corrected chi connectivity index (χ2v) is 6.08. The molecule has 3 rings (SSSR count). The molecule has 1 aliphatic carbocycles. The minimum absolute atomic E-state index is 0.535. The highest BCUT2D eigenvalue weighted by Gasteiger charge is 2.20. The summed E-state index contributed by atoms with van der Waals surface area (Å²) in [4.78, 5) is 0. The molecule has 0 aliphatic heterocycles. The summed E-state index contributed by atoms with van der Waals surface area (Å²) >= 11 is 12.4. The van der Waals surface area contributed by atoms with Crippen LogP contribution >= 0.6 is 23.2 Å². The molecule has 1 aliphatic rings. The molecule has 1 N–H and O–H groups in total. The van der Waals surface area contributed by atoms with E-state index in [9.17, 15) is 0 Å². The normalized spacial score (nSPS) is 17.6. The van der Waals surface area contributed by atoms with Crippen LogP contribution in [-0.2, 0) is 6.42 Å². The van der Waals surface area contributed by atoms with Gasteiger partial charge in [-0.05, 0) is 42.5 Å². The summed E-state index contributed by atoms with van der Waals surface area (Å²) in [6.07, 6.45) is 3.66. The Labute approximate surface area is 129 Å². The quantitative estimate of drug-likeness (QED) is 0.786. The number of fused-ring (bicyclic) bond motifs is 1. The second kappa shape index (κ2) is 6.07. The molecule has 0 spiro atoms. The van der Waals surface area contributed by atoms with Crippen LogP contribution in [0.15, 0.2) is 42.5 Å². The molecule has 3 heteroatoms. The lowest BCUT2D eigenvalue weighted by molar-refractivity contribution is 0.572. The molecule has 20 heavy (non-hydrogen) atoms. The largest absolute Gasteiger partial charge is 0.382 e. The smallest absolute Gasteiger partial charge is 0.0719 e. The van der Waals surface area contributed by atoms with Crippen LogP contribution in [0.1, 0.15) is 29.9 Å². The lowest BCUT2D eigenvalue weighted by atomic mass is 9.83. The van der Waals surface area contributed by atoms with Gasteiger partial charge in [0, 0.05) is 12.5 Å². The predicted molar refractivity (Wildman–Crippen MR) is 87.1 cm³/mol. The summed E-state index contributed by atoms with van der Waals surface area (Å²) in [7, 11) is 0. The molecule has 2 aromatic rings. The predicted octanol–water partition coefficient (Wildman–Crippen LogP) is 5.53. The zero-order chi connectivity index (χ0) is 13.9. The van der Waals surface area contributed by atoms with E-state index in [0.29, 0.717) is 16.0 Å². The third-order valence-electron chi connectivity index (χ3n) is 3.98. The molecular weight excluding hydrogens is 289 g/mol. The lowest BCUT2D eigenvalue weighted by Gasteiger charge is -2.26. The maximum atomic E-state index is 6.20. The van der Waals surface area contributed by atoms with Gasteiger partial charge in [-0.2, -0.15) is 0 Å². The molecule has 104 valence electrons. The summed E-state index contributed by atoms with van der Waals surface area (Å²) in [5.41, 5.74) is 3.80. The van der Waals surface area contributed by atoms with E-state index in [1.54, 1.807) is 0 Å². The van der Waals surface area contributed by atoms with Crippen molar-refractivity contribution in [1.29, 1.82) is 0 Å². The van der Waals surface area contributed by atoms with E-state index in [-0.39, 0.29) is 0 Å². The van der Waals surface area contributed by atoms with Crippen LogP contribution in [0.2, 0.25) is 10.0 Å². The first-order chi connectivity index (χ1) is 9.75. The molecule has 0 heterocycles. The Morgan fingerprint density at radius 1 is 1.00 bits per heavy atom. The first-order valence-electron chi connectivity index (χ1n) is 7.01. The topological polar surface area (TPSA) is 12.0 Å². The minimum Gasteiger partial charge on any atom is -0.382 e. The third kappa shape index (κ3) is 2.79. The highest BCUT2D eigenvalue weighted by molar-refractivity contribution is 6.39. The number of nitrogens with one attached hydrogen (secondary N) is 1. The second-order valence-electron chi connectivity index (χ2n) is 5.27. The zero-order valence-corrected chi connectivity index (χ0v) is 12.7. The van der Waals surface area contributed by atoms with Crippen molar-refractivity contribution in [3.63, 3.8) is 0 Å². The maximum Gasteiger partial charge on any atom is 0.0719 e. The SMILES string of the molecule is Clc1cccc(Cl)c1NCC1CCCc2ccccc21. The van der Waals surface area contributed by atoms with Gasteiger partial charge in [0.05, 0.1) is 15.7 Å². The molecule has 0 bridgehead atoms. The molecule has 0 saturated heterocycles. The number of rotatable bonds is 3. The summed E-state index contributed by atoms with van der Waals surface area (Å²) in [6, 6.07) is 14.3. The highest BCUT2D eigenvalue weighted by Crippen LogP contribution is 2.34. The Morgan fingerprint density at radius 3 is 2.55 bits per heavy atom. The Bertz CT molecular complexity index is 589. The van der Waals surface area contributed by atoms with Crippen molar-refractivity contribution in [2.24, 2.45) is 0 Å². The standard InChI is InChI=1S/C17H17Cl2N/c18-15-9-4-10-16(19)17(15)20-11-13-7-3-6-12-5-1-2-8-14(12)13/h1-2,4-5,8-10,13,20H,3,6-7,11H2. The van der Waals surface area contributed by atoms with Gasteiger partial charge >= 0.3 is 0 Å². The van der Waals surface area contributed by atoms with E-state index in [2.05, 4.69) is 29.6 Å². The number of hydrogen-bond donors (Lipinski definition) is 1. The van der Waals surface area contributed by atoms with Gasteiger partial charge < -0.3 is 5.32 Å². The van der Waals surface area contributed by atoms with Gasteiger partial charge in [-0.1, -0.05) is 53.5 Å². The van der Waals surface area contributed by atoms with E-state index in [0.717, 1.165) is 12.2 Å². The monoisotopic (exact) mass is 305 g/mol. The van der Waals surface area contributed by atoms with E-state index in [1.807, 2.05) is 18.2 Å². The van der Waals surface area contributed by atoms with Crippen LogP contribution < -0.4 is 5.32 Å². The molecular formula is C17H17Cl2N. The van der Waals surface area contributed by atoms with Gasteiger partial charge in [0.2, 0.25) is 0 Å². The number of benzene rings is 2. The van der Waals surface area contributed by atoms with Gasteiger partial charge in [-0.15, -0.1) is 0 Å². The van der Waals surface area contributed by atoms with E-state index < -0.39 is 0 Å². The summed E-state index contributed by atoms with van der Waals surface area (Å²) < 4.78 is 0. The van der Waals surface area contributed by atoms with E-state index in [4.69, 9.17) is 23.2 Å². The average Bonchev–Trinajstić information content (AvgIpc) is 2.47. The number of aryl methyl sites for hydroxylation is 1. The van der Waals surface area contributed by atoms with Crippen LogP contribution in [0.4, 0.5) is 5.69 Å². The highest BCUT2D eigenvalue weighted by atomic mass is 35.5. The van der Waals surface area contributed by atoms with Crippen molar-refractivity contribution < 1.29 is 0 Å². The van der Waals surface area contributed by atoms with Crippen molar-refractivity contribution in [1.82, 2.24) is 0 Å². The van der Waals surface area contributed by atoms with Crippen molar-refractivity contribution in [3.8, 4) is 0 Å². The molecule has 0 aromatic heterocycles. The van der Waals surface area contributed by atoms with Crippen LogP contribution in [0.25, 0.3) is 0 Å². The fourth-order valence-electron chi connectivity index (χ4n) is 2.96. The molecule has 1 atom stereocenters. The molecule has 1 nitrogen and oxygen atoms in total. The Balaban J connectivity index is 1.77. The zero-order valence-electron chi connectivity index (χ0n) is 11.2. The van der Waals surface area contributed by atoms with E-state index in [1.165, 1.54) is 30.4 Å². The van der Waals surface area contributed by atoms with Crippen molar-refractivity contribution in [3.05, 3.63) is 63.6 Å². The third-order valence-corrected chi connectivity index (χ3v) is 4.61. The number of anilines is 1. The van der Waals surface area contributed by atoms with Gasteiger partial charge in [-0.25, -0.2) is 0 Å². The number of para-hydroxylation sites is 1. The molecule has 0 radical (unpaired) electrons. The average molecular weight is 306 g/mol. The molecule has 1 unspecified atom stereocenters. The van der Waals surface area contributed by atoms with Gasteiger partial charge in [0.1, 0.15) is 0 Å². The fourth-order valence-corrected chi connectivity index (χ4v) is 3.49. The van der Waals surface area contributed by atoms with Crippen LogP contribution in [-0.4, -0.2) is 6.54 Å².